The topological polar surface area (TPSA) is 87.2 Å². The fourth-order valence-corrected chi connectivity index (χ4v) is 5.04. The third-order valence-electron chi connectivity index (χ3n) is 5.27. The monoisotopic (exact) mass is 436 g/mol. The van der Waals surface area contributed by atoms with Crippen molar-refractivity contribution < 1.29 is 23.1 Å². The van der Waals surface area contributed by atoms with Gasteiger partial charge in [-0.15, -0.1) is 0 Å². The summed E-state index contributed by atoms with van der Waals surface area (Å²) in [6, 6.07) is 4.25. The molecule has 1 aromatic carbocycles. The zero-order valence-electron chi connectivity index (χ0n) is 18.4. The number of sulfonamides is 1. The molecule has 30 heavy (non-hydrogen) atoms. The quantitative estimate of drug-likeness (QED) is 0.714. The summed E-state index contributed by atoms with van der Waals surface area (Å²) in [5, 5.41) is 9.66. The molecular weight excluding hydrogens is 404 g/mol. The molecule has 2 rings (SSSR count). The van der Waals surface area contributed by atoms with Gasteiger partial charge in [0.05, 0.1) is 13.2 Å². The van der Waals surface area contributed by atoms with Crippen LogP contribution in [0.25, 0.3) is 0 Å². The minimum atomic E-state index is -3.88. The number of ether oxygens (including phenoxy) is 1. The molecule has 0 unspecified atom stereocenters. The Hall–Kier alpha value is -2.08. The van der Waals surface area contributed by atoms with Gasteiger partial charge in [0.25, 0.3) is 0 Å². The van der Waals surface area contributed by atoms with Crippen molar-refractivity contribution in [3.8, 4) is 17.6 Å². The van der Waals surface area contributed by atoms with E-state index in [1.54, 1.807) is 31.0 Å². The lowest BCUT2D eigenvalue weighted by atomic mass is 10.0. The molecule has 0 bridgehead atoms. The number of hydrogen-bond acceptors (Lipinski definition) is 5. The number of aliphatic hydroxyl groups excluding tert-OH is 1. The van der Waals surface area contributed by atoms with Crippen molar-refractivity contribution in [3.63, 3.8) is 0 Å². The Balaban J connectivity index is 2.57. The van der Waals surface area contributed by atoms with Crippen LogP contribution in [-0.2, 0) is 14.8 Å². The van der Waals surface area contributed by atoms with Gasteiger partial charge in [0.2, 0.25) is 15.9 Å². The summed E-state index contributed by atoms with van der Waals surface area (Å²) in [4.78, 5) is 13.4. The van der Waals surface area contributed by atoms with Crippen molar-refractivity contribution in [1.29, 1.82) is 0 Å². The second-order valence-corrected chi connectivity index (χ2v) is 9.71. The number of unbranched alkanes of at least 4 members (excludes halogenated alkanes) is 1. The maximum absolute atomic E-state index is 13.4. The van der Waals surface area contributed by atoms with E-state index in [0.29, 0.717) is 12.1 Å². The van der Waals surface area contributed by atoms with Crippen LogP contribution in [0.1, 0.15) is 46.1 Å². The van der Waals surface area contributed by atoms with Gasteiger partial charge in [-0.25, -0.2) is 8.42 Å². The average molecular weight is 437 g/mol. The molecule has 7 nitrogen and oxygen atoms in total. The van der Waals surface area contributed by atoms with E-state index < -0.39 is 22.2 Å². The van der Waals surface area contributed by atoms with Gasteiger partial charge in [-0.05, 0) is 31.5 Å². The maximum Gasteiger partial charge on any atom is 0.247 e. The summed E-state index contributed by atoms with van der Waals surface area (Å²) in [6.07, 6.45) is 1.27. The van der Waals surface area contributed by atoms with Crippen LogP contribution in [0.4, 0.5) is 0 Å². The second kappa shape index (κ2) is 10.3. The summed E-state index contributed by atoms with van der Waals surface area (Å²) in [6.45, 7) is 7.30. The van der Waals surface area contributed by atoms with E-state index in [4.69, 9.17) is 4.74 Å². The first kappa shape index (κ1) is 24.2. The molecule has 1 aliphatic heterocycles. The van der Waals surface area contributed by atoms with Crippen molar-refractivity contribution in [2.75, 3.05) is 26.7 Å². The molecule has 0 aromatic heterocycles. The van der Waals surface area contributed by atoms with E-state index in [9.17, 15) is 18.3 Å². The summed E-state index contributed by atoms with van der Waals surface area (Å²) in [7, 11) is -2.19. The highest BCUT2D eigenvalue weighted by Gasteiger charge is 2.38. The molecular formula is C22H32N2O5S. The molecule has 0 spiro atoms. The third-order valence-corrected chi connectivity index (χ3v) is 7.29. The van der Waals surface area contributed by atoms with Crippen LogP contribution in [-0.4, -0.2) is 67.5 Å². The minimum Gasteiger partial charge on any atom is -0.487 e. The molecule has 166 valence electrons. The second-order valence-electron chi connectivity index (χ2n) is 7.85. The molecule has 0 aliphatic carbocycles. The Morgan fingerprint density at radius 3 is 2.73 bits per heavy atom. The van der Waals surface area contributed by atoms with Gasteiger partial charge in [-0.1, -0.05) is 25.7 Å². The largest absolute Gasteiger partial charge is 0.487 e. The smallest absolute Gasteiger partial charge is 0.247 e. The Labute approximate surface area is 180 Å². The van der Waals surface area contributed by atoms with Crippen LogP contribution in [0.3, 0.4) is 0 Å². The molecule has 3 atom stereocenters. The van der Waals surface area contributed by atoms with Crippen LogP contribution < -0.4 is 4.74 Å². The highest BCUT2D eigenvalue weighted by atomic mass is 32.2. The molecule has 0 fully saturated rings. The van der Waals surface area contributed by atoms with Gasteiger partial charge in [-0.2, -0.15) is 4.31 Å². The first-order valence-corrected chi connectivity index (χ1v) is 11.7. The number of carbonyl (C=O) groups is 1. The average Bonchev–Trinajstić information content (AvgIpc) is 2.70. The molecule has 0 saturated heterocycles. The van der Waals surface area contributed by atoms with E-state index in [2.05, 4.69) is 11.8 Å². The number of aliphatic hydroxyl groups is 1. The molecule has 1 N–H and O–H groups in total. The van der Waals surface area contributed by atoms with E-state index in [-0.39, 0.29) is 35.6 Å². The zero-order chi connectivity index (χ0) is 22.5. The number of benzene rings is 1. The molecule has 1 aromatic rings. The van der Waals surface area contributed by atoms with E-state index in [1.165, 1.54) is 17.3 Å². The van der Waals surface area contributed by atoms with Gasteiger partial charge >= 0.3 is 0 Å². The lowest BCUT2D eigenvalue weighted by molar-refractivity contribution is -0.129. The zero-order valence-corrected chi connectivity index (χ0v) is 19.2. The first-order valence-electron chi connectivity index (χ1n) is 10.3. The predicted molar refractivity (Wildman–Crippen MR) is 116 cm³/mol. The SMILES string of the molecule is CCCC#Cc1ccc2c(c1)O[C@@H](CN(C)C(C)=O)[C@H](C)CN([C@H](C)CO)S2(=O)=O. The lowest BCUT2D eigenvalue weighted by Gasteiger charge is -2.37. The maximum atomic E-state index is 13.4. The number of likely N-dealkylation sites (N-methyl/N-ethyl adjacent to an activating group) is 1. The molecule has 1 aliphatic rings. The fraction of sp³-hybridized carbons (Fsp3) is 0.591. The lowest BCUT2D eigenvalue weighted by Crippen LogP contribution is -2.50. The number of hydrogen-bond donors (Lipinski definition) is 1. The van der Waals surface area contributed by atoms with Crippen LogP contribution in [0.2, 0.25) is 0 Å². The number of rotatable bonds is 5. The van der Waals surface area contributed by atoms with Crippen LogP contribution in [0.5, 0.6) is 5.75 Å². The highest BCUT2D eigenvalue weighted by molar-refractivity contribution is 7.89. The summed E-state index contributed by atoms with van der Waals surface area (Å²) in [5.41, 5.74) is 0.672. The summed E-state index contributed by atoms with van der Waals surface area (Å²) >= 11 is 0. The van der Waals surface area contributed by atoms with Crippen molar-refractivity contribution >= 4 is 15.9 Å². The number of carbonyl (C=O) groups excluding carboxylic acids is 1. The number of nitrogens with zero attached hydrogens (tertiary/aromatic N) is 2. The minimum absolute atomic E-state index is 0.0474. The molecule has 0 radical (unpaired) electrons. The predicted octanol–water partition coefficient (Wildman–Crippen LogP) is 2.09. The summed E-state index contributed by atoms with van der Waals surface area (Å²) in [5.74, 6) is 6.02. The standard InChI is InChI=1S/C22H32N2O5S/c1-6-7-8-9-19-10-11-22-20(12-19)29-21(14-23(5)18(4)26)16(2)13-24(17(3)15-25)30(22,27)28/h10-12,16-17,21,25H,6-7,13-15H2,1-5H3/t16-,17-,21+/m1/s1. The normalized spacial score (nSPS) is 21.8. The Kier molecular flexibility index (Phi) is 8.30. The molecule has 8 heteroatoms. The van der Waals surface area contributed by atoms with Crippen molar-refractivity contribution in [1.82, 2.24) is 9.21 Å². The Morgan fingerprint density at radius 2 is 2.13 bits per heavy atom. The van der Waals surface area contributed by atoms with Gasteiger partial charge in [0.1, 0.15) is 16.7 Å². The van der Waals surface area contributed by atoms with E-state index in [1.807, 2.05) is 13.8 Å². The van der Waals surface area contributed by atoms with Crippen molar-refractivity contribution in [2.24, 2.45) is 5.92 Å². The van der Waals surface area contributed by atoms with Gasteiger partial charge in [0, 0.05) is 44.5 Å². The Bertz CT molecular complexity index is 919. The highest BCUT2D eigenvalue weighted by Crippen LogP contribution is 2.34. The third kappa shape index (κ3) is 5.54. The fourth-order valence-electron chi connectivity index (χ4n) is 3.21. The van der Waals surface area contributed by atoms with Gasteiger partial charge in [-0.3, -0.25) is 4.79 Å². The first-order chi connectivity index (χ1) is 14.1. The number of fused-ring (bicyclic) bond motifs is 1. The van der Waals surface area contributed by atoms with Gasteiger partial charge < -0.3 is 14.7 Å². The van der Waals surface area contributed by atoms with Crippen LogP contribution in [0, 0.1) is 17.8 Å². The van der Waals surface area contributed by atoms with E-state index >= 15 is 0 Å². The molecule has 0 saturated carbocycles. The molecule has 1 amide bonds. The van der Waals surface area contributed by atoms with Crippen molar-refractivity contribution in [2.45, 2.75) is 57.6 Å². The Morgan fingerprint density at radius 1 is 1.43 bits per heavy atom. The molecule has 1 heterocycles. The number of amides is 1. The van der Waals surface area contributed by atoms with Crippen molar-refractivity contribution in [3.05, 3.63) is 23.8 Å². The van der Waals surface area contributed by atoms with Crippen LogP contribution in [0.15, 0.2) is 23.1 Å². The summed E-state index contributed by atoms with van der Waals surface area (Å²) < 4.78 is 34.2. The van der Waals surface area contributed by atoms with Crippen LogP contribution >= 0.6 is 0 Å². The van der Waals surface area contributed by atoms with E-state index in [0.717, 1.165) is 12.8 Å². The van der Waals surface area contributed by atoms with Gasteiger partial charge in [0.15, 0.2) is 0 Å².